The highest BCUT2D eigenvalue weighted by molar-refractivity contribution is 6.19. The van der Waals surface area contributed by atoms with Gasteiger partial charge in [0.1, 0.15) is 12.4 Å². The molecule has 2 rings (SSSR count). The molecule has 1 aromatic heterocycles. The second-order valence-corrected chi connectivity index (χ2v) is 4.29. The van der Waals surface area contributed by atoms with Gasteiger partial charge in [0, 0.05) is 11.8 Å². The number of benzene rings is 1. The summed E-state index contributed by atoms with van der Waals surface area (Å²) in [6.07, 6.45) is 1.76. The Balaban J connectivity index is 2.05. The van der Waals surface area contributed by atoms with Gasteiger partial charge in [0.05, 0.1) is 11.6 Å². The highest BCUT2D eigenvalue weighted by Gasteiger charge is 2.01. The third-order valence-electron chi connectivity index (χ3n) is 2.58. The van der Waals surface area contributed by atoms with Crippen molar-refractivity contribution in [3.05, 3.63) is 59.4 Å². The number of hydrogen-bond donors (Lipinski definition) is 0. The highest BCUT2D eigenvalue weighted by Crippen LogP contribution is 2.19. The number of aryl methyl sites for hydroxylation is 1. The van der Waals surface area contributed by atoms with Crippen LogP contribution in [-0.2, 0) is 6.61 Å². The topological polar surface area (TPSA) is 22.1 Å². The van der Waals surface area contributed by atoms with Crippen LogP contribution in [0, 0.1) is 18.8 Å². The lowest BCUT2D eigenvalue weighted by atomic mass is 10.1. The first kappa shape index (κ1) is 13.5. The van der Waals surface area contributed by atoms with E-state index in [1.54, 1.807) is 6.20 Å². The first-order valence-corrected chi connectivity index (χ1v) is 6.51. The van der Waals surface area contributed by atoms with E-state index in [2.05, 4.69) is 16.8 Å². The molecule has 0 aliphatic heterocycles. The van der Waals surface area contributed by atoms with Crippen LogP contribution in [0.25, 0.3) is 0 Å². The third-order valence-corrected chi connectivity index (χ3v) is 2.71. The number of halogens is 1. The fourth-order valence-corrected chi connectivity index (χ4v) is 1.73. The van der Waals surface area contributed by atoms with E-state index in [1.165, 1.54) is 0 Å². The van der Waals surface area contributed by atoms with Gasteiger partial charge in [-0.05, 0) is 42.8 Å². The molecule has 0 spiro atoms. The van der Waals surface area contributed by atoms with Crippen molar-refractivity contribution in [3.8, 4) is 17.6 Å². The maximum atomic E-state index is 5.75. The van der Waals surface area contributed by atoms with Crippen molar-refractivity contribution < 1.29 is 4.74 Å². The summed E-state index contributed by atoms with van der Waals surface area (Å²) in [6, 6.07) is 11.6. The van der Waals surface area contributed by atoms with Crippen LogP contribution < -0.4 is 4.74 Å². The molecule has 0 saturated heterocycles. The Morgan fingerprint density at radius 1 is 1.26 bits per heavy atom. The summed E-state index contributed by atoms with van der Waals surface area (Å²) in [5, 5.41) is 0. The van der Waals surface area contributed by atoms with Crippen molar-refractivity contribution in [2.24, 2.45) is 0 Å². The molecule has 0 aliphatic carbocycles. The molecule has 2 aromatic rings. The van der Waals surface area contributed by atoms with E-state index in [-0.39, 0.29) is 0 Å². The van der Waals surface area contributed by atoms with Crippen molar-refractivity contribution in [2.75, 3.05) is 5.88 Å². The van der Waals surface area contributed by atoms with Crippen molar-refractivity contribution >= 4 is 11.6 Å². The smallest absolute Gasteiger partial charge is 0.130 e. The van der Waals surface area contributed by atoms with Gasteiger partial charge in [-0.25, -0.2) is 0 Å². The number of alkyl halides is 1. The molecular formula is C16H14ClNO. The van der Waals surface area contributed by atoms with Crippen molar-refractivity contribution in [1.29, 1.82) is 0 Å². The van der Waals surface area contributed by atoms with Crippen LogP contribution in [-0.4, -0.2) is 10.9 Å². The minimum atomic E-state index is 0.344. The summed E-state index contributed by atoms with van der Waals surface area (Å²) in [6.45, 7) is 2.47. The van der Waals surface area contributed by atoms with Gasteiger partial charge in [0.2, 0.25) is 0 Å². The van der Waals surface area contributed by atoms with Crippen LogP contribution in [0.15, 0.2) is 42.6 Å². The van der Waals surface area contributed by atoms with Crippen LogP contribution in [0.3, 0.4) is 0 Å². The van der Waals surface area contributed by atoms with E-state index in [1.807, 2.05) is 43.3 Å². The molecule has 2 nitrogen and oxygen atoms in total. The van der Waals surface area contributed by atoms with Gasteiger partial charge in [-0.15, -0.1) is 11.6 Å². The van der Waals surface area contributed by atoms with Crippen LogP contribution in [0.4, 0.5) is 0 Å². The van der Waals surface area contributed by atoms with E-state index in [0.29, 0.717) is 12.5 Å². The van der Waals surface area contributed by atoms with E-state index in [0.717, 1.165) is 22.6 Å². The van der Waals surface area contributed by atoms with E-state index >= 15 is 0 Å². The minimum Gasteiger partial charge on any atom is -0.487 e. The van der Waals surface area contributed by atoms with Crippen LogP contribution in [0.5, 0.6) is 5.75 Å². The molecule has 0 unspecified atom stereocenters. The monoisotopic (exact) mass is 271 g/mol. The molecule has 0 atom stereocenters. The maximum absolute atomic E-state index is 5.75. The lowest BCUT2D eigenvalue weighted by molar-refractivity contribution is 0.299. The number of nitrogens with zero attached hydrogens (tertiary/aromatic N) is 1. The van der Waals surface area contributed by atoms with Crippen LogP contribution in [0.1, 0.15) is 16.8 Å². The average Bonchev–Trinajstić information content (AvgIpc) is 2.45. The molecule has 1 heterocycles. The summed E-state index contributed by atoms with van der Waals surface area (Å²) in [5.41, 5.74) is 2.91. The van der Waals surface area contributed by atoms with Crippen LogP contribution >= 0.6 is 11.6 Å². The Morgan fingerprint density at radius 3 is 2.84 bits per heavy atom. The molecule has 0 amide bonds. The lowest BCUT2D eigenvalue weighted by Gasteiger charge is -2.08. The number of hydrogen-bond acceptors (Lipinski definition) is 2. The largest absolute Gasteiger partial charge is 0.487 e. The molecule has 0 saturated carbocycles. The zero-order chi connectivity index (χ0) is 13.5. The normalized spacial score (nSPS) is 9.58. The van der Waals surface area contributed by atoms with Crippen molar-refractivity contribution in [1.82, 2.24) is 4.98 Å². The number of aromatic nitrogens is 1. The summed E-state index contributed by atoms with van der Waals surface area (Å²) in [5.74, 6) is 7.01. The SMILES string of the molecule is Cc1cc(C#CCCl)ccc1OCc1ccccn1. The summed E-state index contributed by atoms with van der Waals surface area (Å²) >= 11 is 5.53. The summed E-state index contributed by atoms with van der Waals surface area (Å²) in [4.78, 5) is 4.22. The Morgan fingerprint density at radius 2 is 2.16 bits per heavy atom. The Bertz CT molecular complexity index is 599. The molecule has 1 aromatic carbocycles. The first-order valence-electron chi connectivity index (χ1n) is 5.98. The van der Waals surface area contributed by atoms with Crippen molar-refractivity contribution in [2.45, 2.75) is 13.5 Å². The van der Waals surface area contributed by atoms with Gasteiger partial charge in [-0.3, -0.25) is 4.98 Å². The zero-order valence-corrected chi connectivity index (χ0v) is 11.4. The quantitative estimate of drug-likeness (QED) is 0.629. The molecule has 96 valence electrons. The zero-order valence-electron chi connectivity index (χ0n) is 10.7. The van der Waals surface area contributed by atoms with E-state index in [9.17, 15) is 0 Å². The Hall–Kier alpha value is -1.98. The fourth-order valence-electron chi connectivity index (χ4n) is 1.66. The molecule has 0 fully saturated rings. The predicted octanol–water partition coefficient (Wildman–Crippen LogP) is 3.56. The number of rotatable bonds is 3. The second-order valence-electron chi connectivity index (χ2n) is 4.03. The van der Waals surface area contributed by atoms with Gasteiger partial charge in [0.25, 0.3) is 0 Å². The van der Waals surface area contributed by atoms with E-state index in [4.69, 9.17) is 16.3 Å². The fraction of sp³-hybridized carbons (Fsp3) is 0.188. The lowest BCUT2D eigenvalue weighted by Crippen LogP contribution is -1.99. The predicted molar refractivity (Wildman–Crippen MR) is 77.3 cm³/mol. The van der Waals surface area contributed by atoms with Gasteiger partial charge >= 0.3 is 0 Å². The highest BCUT2D eigenvalue weighted by atomic mass is 35.5. The Labute approximate surface area is 118 Å². The molecular weight excluding hydrogens is 258 g/mol. The van der Waals surface area contributed by atoms with Gasteiger partial charge < -0.3 is 4.74 Å². The van der Waals surface area contributed by atoms with Gasteiger partial charge in [-0.2, -0.15) is 0 Å². The molecule has 3 heteroatoms. The molecule has 0 radical (unpaired) electrons. The van der Waals surface area contributed by atoms with Gasteiger partial charge in [-0.1, -0.05) is 17.9 Å². The maximum Gasteiger partial charge on any atom is 0.130 e. The van der Waals surface area contributed by atoms with Crippen LogP contribution in [0.2, 0.25) is 0 Å². The summed E-state index contributed by atoms with van der Waals surface area (Å²) in [7, 11) is 0. The van der Waals surface area contributed by atoms with Crippen molar-refractivity contribution in [3.63, 3.8) is 0 Å². The second kappa shape index (κ2) is 6.82. The molecule has 0 N–H and O–H groups in total. The summed E-state index contributed by atoms with van der Waals surface area (Å²) < 4.78 is 5.75. The van der Waals surface area contributed by atoms with E-state index < -0.39 is 0 Å². The Kier molecular flexibility index (Phi) is 4.83. The minimum absolute atomic E-state index is 0.344. The average molecular weight is 272 g/mol. The standard InChI is InChI=1S/C16H14ClNO/c1-13-11-14(5-4-9-17)7-8-16(13)19-12-15-6-2-3-10-18-15/h2-3,6-8,10-11H,9,12H2,1H3. The number of pyridine rings is 1. The number of ether oxygens (including phenoxy) is 1. The molecule has 0 bridgehead atoms. The third kappa shape index (κ3) is 4.01. The van der Waals surface area contributed by atoms with Gasteiger partial charge in [0.15, 0.2) is 0 Å². The molecule has 0 aliphatic rings. The first-order chi connectivity index (χ1) is 9.29. The molecule has 19 heavy (non-hydrogen) atoms.